The van der Waals surface area contributed by atoms with Crippen LogP contribution in [-0.2, 0) is 0 Å². The fourth-order valence-electron chi connectivity index (χ4n) is 1.01. The summed E-state index contributed by atoms with van der Waals surface area (Å²) < 4.78 is 0. The van der Waals surface area contributed by atoms with Crippen LogP contribution in [-0.4, -0.2) is 33.3 Å². The molecule has 96 valence electrons. The molecule has 12 nitrogen and oxygen atoms in total. The van der Waals surface area contributed by atoms with Crippen LogP contribution >= 0.6 is 0 Å². The molecule has 0 aliphatic heterocycles. The average molecular weight is 252 g/mol. The summed E-state index contributed by atoms with van der Waals surface area (Å²) in [5.41, 5.74) is 15.6. The number of anilines is 3. The Morgan fingerprint density at radius 2 is 1.17 bits per heavy atom. The highest BCUT2D eigenvalue weighted by atomic mass is 15.4. The third kappa shape index (κ3) is 3.44. The van der Waals surface area contributed by atoms with Crippen molar-refractivity contribution in [2.45, 2.75) is 0 Å². The van der Waals surface area contributed by atoms with Crippen molar-refractivity contribution >= 4 is 35.2 Å². The Morgan fingerprint density at radius 3 is 1.50 bits per heavy atom. The summed E-state index contributed by atoms with van der Waals surface area (Å²) in [5.74, 6) is -1.16. The van der Waals surface area contributed by atoms with E-state index < -0.39 is 17.9 Å². The smallest absolute Gasteiger partial charge is 0.191 e. The number of guanidine groups is 3. The molecule has 0 atom stereocenters. The molecule has 0 bridgehead atoms. The van der Waals surface area contributed by atoms with Gasteiger partial charge in [-0.3, -0.25) is 16.2 Å². The predicted molar refractivity (Wildman–Crippen MR) is 66.4 cm³/mol. The van der Waals surface area contributed by atoms with Crippen LogP contribution in [0.3, 0.4) is 0 Å². The van der Waals surface area contributed by atoms with Crippen molar-refractivity contribution in [2.75, 3.05) is 16.0 Å². The maximum atomic E-state index is 7.16. The van der Waals surface area contributed by atoms with Crippen LogP contribution < -0.4 is 33.2 Å². The molecule has 0 aromatic carbocycles. The van der Waals surface area contributed by atoms with Gasteiger partial charge in [0.2, 0.25) is 0 Å². The van der Waals surface area contributed by atoms with Crippen LogP contribution in [0.25, 0.3) is 0 Å². The Bertz CT molecular complexity index is 457. The van der Waals surface area contributed by atoms with Crippen molar-refractivity contribution < 1.29 is 0 Å². The summed E-state index contributed by atoms with van der Waals surface area (Å²) in [6.45, 7) is 0. The first-order chi connectivity index (χ1) is 8.40. The highest BCUT2D eigenvalue weighted by Crippen LogP contribution is 2.24. The molecule has 1 rings (SSSR count). The van der Waals surface area contributed by atoms with Gasteiger partial charge >= 0.3 is 0 Å². The number of hydrogen-bond donors (Lipinski definition) is 9. The minimum absolute atomic E-state index is 0.0106. The zero-order valence-corrected chi connectivity index (χ0v) is 9.07. The van der Waals surface area contributed by atoms with Crippen molar-refractivity contribution in [1.82, 2.24) is 15.4 Å². The second-order valence-electron chi connectivity index (χ2n) is 2.98. The highest BCUT2D eigenvalue weighted by Gasteiger charge is 2.14. The summed E-state index contributed by atoms with van der Waals surface area (Å²) in [6, 6.07) is 0. The number of nitrogens with zero attached hydrogens (tertiary/aromatic N) is 3. The maximum Gasteiger partial charge on any atom is 0.191 e. The molecule has 0 saturated carbocycles. The Kier molecular flexibility index (Phi) is 3.75. The van der Waals surface area contributed by atoms with Gasteiger partial charge in [-0.05, 0) is 5.21 Å². The quantitative estimate of drug-likeness (QED) is 0.209. The molecule has 18 heavy (non-hydrogen) atoms. The van der Waals surface area contributed by atoms with Crippen molar-refractivity contribution in [3.05, 3.63) is 0 Å². The van der Waals surface area contributed by atoms with E-state index in [9.17, 15) is 0 Å². The Hall–Kier alpha value is -3.18. The normalized spacial score (nSPS) is 9.33. The van der Waals surface area contributed by atoms with Gasteiger partial charge in [-0.15, -0.1) is 10.2 Å². The van der Waals surface area contributed by atoms with Crippen LogP contribution in [0.2, 0.25) is 0 Å². The molecular formula is C6H12N12. The molecule has 0 spiro atoms. The van der Waals surface area contributed by atoms with Crippen LogP contribution in [0.4, 0.5) is 17.3 Å². The molecule has 0 saturated heterocycles. The van der Waals surface area contributed by atoms with Gasteiger partial charge in [0.05, 0.1) is 0 Å². The van der Waals surface area contributed by atoms with Gasteiger partial charge in [0, 0.05) is 0 Å². The molecule has 0 radical (unpaired) electrons. The summed E-state index contributed by atoms with van der Waals surface area (Å²) >= 11 is 0. The summed E-state index contributed by atoms with van der Waals surface area (Å²) in [7, 11) is 0. The Morgan fingerprint density at radius 1 is 0.778 bits per heavy atom. The van der Waals surface area contributed by atoms with Gasteiger partial charge < -0.3 is 33.2 Å². The summed E-state index contributed by atoms with van der Waals surface area (Å²) in [5, 5.41) is 39.1. The SMILES string of the molecule is N=C(N)Nc1nnnc(NC(=N)N)c1NC(=N)N. The van der Waals surface area contributed by atoms with Crippen LogP contribution in [0.5, 0.6) is 0 Å². The van der Waals surface area contributed by atoms with E-state index in [2.05, 4.69) is 31.4 Å². The van der Waals surface area contributed by atoms with Crippen molar-refractivity contribution in [3.63, 3.8) is 0 Å². The third-order valence-corrected chi connectivity index (χ3v) is 1.53. The molecule has 0 aliphatic rings. The molecule has 0 aliphatic carbocycles. The lowest BCUT2D eigenvalue weighted by molar-refractivity contribution is 0.880. The lowest BCUT2D eigenvalue weighted by Crippen LogP contribution is -2.28. The molecule has 1 heterocycles. The van der Waals surface area contributed by atoms with Crippen molar-refractivity contribution in [3.8, 4) is 0 Å². The molecule has 12 N–H and O–H groups in total. The van der Waals surface area contributed by atoms with Crippen molar-refractivity contribution in [1.29, 1.82) is 16.2 Å². The first-order valence-electron chi connectivity index (χ1n) is 4.46. The molecular weight excluding hydrogens is 240 g/mol. The van der Waals surface area contributed by atoms with Crippen LogP contribution in [0, 0.1) is 16.2 Å². The van der Waals surface area contributed by atoms with E-state index in [0.29, 0.717) is 0 Å². The van der Waals surface area contributed by atoms with E-state index in [1.165, 1.54) is 0 Å². The molecule has 1 aromatic heterocycles. The number of hydrogen-bond acceptors (Lipinski definition) is 6. The van der Waals surface area contributed by atoms with E-state index >= 15 is 0 Å². The molecule has 0 fully saturated rings. The average Bonchev–Trinajstić information content (AvgIpc) is 2.20. The van der Waals surface area contributed by atoms with E-state index in [0.717, 1.165) is 0 Å². The van der Waals surface area contributed by atoms with Gasteiger partial charge in [-0.2, -0.15) is 0 Å². The molecule has 12 heteroatoms. The van der Waals surface area contributed by atoms with E-state index in [1.54, 1.807) is 0 Å². The minimum Gasteiger partial charge on any atom is -0.370 e. The van der Waals surface area contributed by atoms with E-state index in [-0.39, 0.29) is 17.3 Å². The van der Waals surface area contributed by atoms with Gasteiger partial charge in [0.1, 0.15) is 5.69 Å². The van der Waals surface area contributed by atoms with Gasteiger partial charge in [-0.1, -0.05) is 0 Å². The lowest BCUT2D eigenvalue weighted by atomic mass is 10.4. The second kappa shape index (κ2) is 5.24. The summed E-state index contributed by atoms with van der Waals surface area (Å²) in [6.07, 6.45) is 0. The zero-order valence-electron chi connectivity index (χ0n) is 9.07. The number of aromatic nitrogens is 3. The largest absolute Gasteiger partial charge is 0.370 e. The van der Waals surface area contributed by atoms with Crippen molar-refractivity contribution in [2.24, 2.45) is 17.2 Å². The molecule has 0 amide bonds. The molecule has 0 unspecified atom stereocenters. The monoisotopic (exact) mass is 252 g/mol. The van der Waals surface area contributed by atoms with Crippen LogP contribution in [0.15, 0.2) is 0 Å². The number of rotatable bonds is 3. The lowest BCUT2D eigenvalue weighted by Gasteiger charge is -2.13. The van der Waals surface area contributed by atoms with Crippen LogP contribution in [0.1, 0.15) is 0 Å². The summed E-state index contributed by atoms with van der Waals surface area (Å²) in [4.78, 5) is 0. The first-order valence-corrected chi connectivity index (χ1v) is 4.46. The van der Waals surface area contributed by atoms with E-state index in [4.69, 9.17) is 33.4 Å². The van der Waals surface area contributed by atoms with Gasteiger partial charge in [0.25, 0.3) is 0 Å². The number of nitrogens with two attached hydrogens (primary N) is 3. The Labute approximate surface area is 101 Å². The standard InChI is InChI=1S/C6H12N12/c7-4(8)13-1-2(14-5(9)10)16-18-17-3(1)15-6(11)12/h(H4,7,8,13,18)(H8,9,10,11,12,14,15,16,17). The first kappa shape index (κ1) is 12.9. The maximum absolute atomic E-state index is 7.16. The van der Waals surface area contributed by atoms with E-state index in [1.807, 2.05) is 0 Å². The zero-order chi connectivity index (χ0) is 13.7. The Balaban J connectivity index is 3.19. The van der Waals surface area contributed by atoms with Gasteiger partial charge in [-0.25, -0.2) is 0 Å². The topological polar surface area (TPSA) is 224 Å². The third-order valence-electron chi connectivity index (χ3n) is 1.53. The fourth-order valence-corrected chi connectivity index (χ4v) is 1.01. The highest BCUT2D eigenvalue weighted by molar-refractivity contribution is 6.03. The molecule has 1 aromatic rings. The minimum atomic E-state index is -0.400. The predicted octanol–water partition coefficient (Wildman–Crippen LogP) is -2.21. The second-order valence-corrected chi connectivity index (χ2v) is 2.98. The number of nitrogens with one attached hydrogen (secondary N) is 6. The fraction of sp³-hybridized carbons (Fsp3) is 0. The van der Waals surface area contributed by atoms with Gasteiger partial charge in [0.15, 0.2) is 29.5 Å².